The summed E-state index contributed by atoms with van der Waals surface area (Å²) in [7, 11) is 0. The Labute approximate surface area is 97.4 Å². The minimum Gasteiger partial charge on any atom is -0.417 e. The monoisotopic (exact) mass is 239 g/mol. The number of aryl methyl sites for hydroxylation is 1. The molecule has 1 aromatic heterocycles. The molecule has 1 aromatic carbocycles. The molecular weight excluding hydrogens is 230 g/mol. The van der Waals surface area contributed by atoms with Crippen molar-refractivity contribution in [1.29, 1.82) is 0 Å². The van der Waals surface area contributed by atoms with Gasteiger partial charge in [-0.15, -0.1) is 0 Å². The third-order valence-electron chi connectivity index (χ3n) is 2.04. The Kier molecular flexibility index (Phi) is 3.12. The third kappa shape index (κ3) is 2.35. The van der Waals surface area contributed by atoms with Crippen molar-refractivity contribution in [2.45, 2.75) is 13.5 Å². The number of oxazole rings is 1. The Morgan fingerprint density at radius 1 is 1.50 bits per heavy atom. The molecule has 0 saturated carbocycles. The molecule has 4 nitrogen and oxygen atoms in total. The zero-order valence-corrected chi connectivity index (χ0v) is 9.36. The van der Waals surface area contributed by atoms with Crippen molar-refractivity contribution in [3.8, 4) is 11.8 Å². The molecular formula is C11H10ClNO3. The number of aromatic nitrogens is 1. The molecule has 0 unspecified atom stereocenters. The summed E-state index contributed by atoms with van der Waals surface area (Å²) in [5, 5.41) is 9.39. The van der Waals surface area contributed by atoms with E-state index in [-0.39, 0.29) is 12.7 Å². The molecule has 0 aliphatic heterocycles. The van der Waals surface area contributed by atoms with Crippen molar-refractivity contribution in [3.05, 3.63) is 40.7 Å². The first-order valence-corrected chi connectivity index (χ1v) is 5.06. The third-order valence-corrected chi connectivity index (χ3v) is 2.28. The molecule has 5 heteroatoms. The maximum Gasteiger partial charge on any atom is 0.399 e. The highest BCUT2D eigenvalue weighted by molar-refractivity contribution is 6.30. The van der Waals surface area contributed by atoms with Gasteiger partial charge in [-0.1, -0.05) is 17.7 Å². The molecule has 0 radical (unpaired) electrons. The van der Waals surface area contributed by atoms with E-state index in [4.69, 9.17) is 25.9 Å². The lowest BCUT2D eigenvalue weighted by atomic mass is 10.2. The fourth-order valence-electron chi connectivity index (χ4n) is 1.19. The van der Waals surface area contributed by atoms with Crippen LogP contribution < -0.4 is 4.74 Å². The van der Waals surface area contributed by atoms with Crippen molar-refractivity contribution in [1.82, 2.24) is 4.98 Å². The second kappa shape index (κ2) is 4.55. The van der Waals surface area contributed by atoms with Crippen LogP contribution in [0.15, 0.2) is 28.9 Å². The lowest BCUT2D eigenvalue weighted by Gasteiger charge is -2.04. The first-order chi connectivity index (χ1) is 7.69. The Morgan fingerprint density at radius 2 is 2.31 bits per heavy atom. The average Bonchev–Trinajstić information content (AvgIpc) is 2.71. The van der Waals surface area contributed by atoms with Crippen LogP contribution >= 0.6 is 11.6 Å². The Bertz CT molecular complexity index is 496. The highest BCUT2D eigenvalue weighted by Crippen LogP contribution is 2.27. The topological polar surface area (TPSA) is 55.5 Å². The molecule has 0 spiro atoms. The maximum atomic E-state index is 8.82. The van der Waals surface area contributed by atoms with Crippen LogP contribution in [0.2, 0.25) is 5.02 Å². The molecule has 16 heavy (non-hydrogen) atoms. The van der Waals surface area contributed by atoms with Gasteiger partial charge in [-0.25, -0.2) is 0 Å². The SMILES string of the molecule is Cc1ccc(Cl)cc1Oc1nc(CO)co1. The summed E-state index contributed by atoms with van der Waals surface area (Å²) in [6.07, 6.45) is 1.43. The first kappa shape index (κ1) is 11.0. The van der Waals surface area contributed by atoms with Gasteiger partial charge in [0, 0.05) is 5.02 Å². The van der Waals surface area contributed by atoms with Gasteiger partial charge < -0.3 is 14.3 Å². The van der Waals surface area contributed by atoms with E-state index in [0.717, 1.165) is 5.56 Å². The van der Waals surface area contributed by atoms with E-state index in [1.165, 1.54) is 6.26 Å². The minimum atomic E-state index is -0.179. The highest BCUT2D eigenvalue weighted by Gasteiger charge is 2.08. The summed E-state index contributed by atoms with van der Waals surface area (Å²) < 4.78 is 10.4. The lowest BCUT2D eigenvalue weighted by Crippen LogP contribution is -1.88. The van der Waals surface area contributed by atoms with Crippen molar-refractivity contribution >= 4 is 11.6 Å². The van der Waals surface area contributed by atoms with Gasteiger partial charge in [0.2, 0.25) is 0 Å². The van der Waals surface area contributed by atoms with Gasteiger partial charge in [0.25, 0.3) is 0 Å². The molecule has 1 N–H and O–H groups in total. The fourth-order valence-corrected chi connectivity index (χ4v) is 1.35. The molecule has 2 aromatic rings. The quantitative estimate of drug-likeness (QED) is 0.895. The minimum absolute atomic E-state index is 0.0921. The summed E-state index contributed by atoms with van der Waals surface area (Å²) in [5.74, 6) is 0.582. The number of benzene rings is 1. The molecule has 2 rings (SSSR count). The largest absolute Gasteiger partial charge is 0.417 e. The van der Waals surface area contributed by atoms with E-state index in [1.807, 2.05) is 13.0 Å². The Hall–Kier alpha value is -1.52. The zero-order chi connectivity index (χ0) is 11.5. The van der Waals surface area contributed by atoms with E-state index >= 15 is 0 Å². The average molecular weight is 240 g/mol. The number of hydrogen-bond donors (Lipinski definition) is 1. The van der Waals surface area contributed by atoms with Crippen molar-refractivity contribution < 1.29 is 14.3 Å². The number of aliphatic hydroxyl groups excluding tert-OH is 1. The molecule has 0 bridgehead atoms. The van der Waals surface area contributed by atoms with Crippen molar-refractivity contribution in [2.24, 2.45) is 0 Å². The Balaban J connectivity index is 2.22. The standard InChI is InChI=1S/C11H10ClNO3/c1-7-2-3-8(12)4-10(7)16-11-13-9(5-14)6-15-11/h2-4,6,14H,5H2,1H3. The summed E-state index contributed by atoms with van der Waals surface area (Å²) >= 11 is 5.84. The molecule has 0 aliphatic rings. The smallest absolute Gasteiger partial charge is 0.399 e. The van der Waals surface area contributed by atoms with Crippen LogP contribution in [-0.4, -0.2) is 10.1 Å². The van der Waals surface area contributed by atoms with Gasteiger partial charge in [-0.05, 0) is 24.6 Å². The molecule has 1 heterocycles. The number of rotatable bonds is 3. The molecule has 0 fully saturated rings. The number of ether oxygens (including phenoxy) is 1. The van der Waals surface area contributed by atoms with Crippen LogP contribution in [-0.2, 0) is 6.61 Å². The van der Waals surface area contributed by atoms with Crippen LogP contribution in [0.5, 0.6) is 11.8 Å². The fraction of sp³-hybridized carbons (Fsp3) is 0.182. The van der Waals surface area contributed by atoms with Crippen LogP contribution in [0.25, 0.3) is 0 Å². The molecule has 0 aliphatic carbocycles. The van der Waals surface area contributed by atoms with Crippen molar-refractivity contribution in [2.75, 3.05) is 0 Å². The highest BCUT2D eigenvalue weighted by atomic mass is 35.5. The van der Waals surface area contributed by atoms with Gasteiger partial charge in [-0.2, -0.15) is 4.98 Å². The Morgan fingerprint density at radius 3 is 3.00 bits per heavy atom. The number of hydrogen-bond acceptors (Lipinski definition) is 4. The second-order valence-electron chi connectivity index (χ2n) is 3.27. The molecule has 0 saturated heterocycles. The predicted molar refractivity (Wildman–Crippen MR) is 58.7 cm³/mol. The van der Waals surface area contributed by atoms with Gasteiger partial charge in [0.1, 0.15) is 17.7 Å². The van der Waals surface area contributed by atoms with Crippen molar-refractivity contribution in [3.63, 3.8) is 0 Å². The van der Waals surface area contributed by atoms with E-state index < -0.39 is 0 Å². The number of aliphatic hydroxyl groups is 1. The maximum absolute atomic E-state index is 8.82. The predicted octanol–water partition coefficient (Wildman–Crippen LogP) is 2.92. The molecule has 0 atom stereocenters. The van der Waals surface area contributed by atoms with Gasteiger partial charge >= 0.3 is 6.08 Å². The van der Waals surface area contributed by atoms with E-state index in [9.17, 15) is 0 Å². The van der Waals surface area contributed by atoms with E-state index in [0.29, 0.717) is 16.5 Å². The first-order valence-electron chi connectivity index (χ1n) is 4.68. The summed E-state index contributed by atoms with van der Waals surface area (Å²) in [6.45, 7) is 1.71. The van der Waals surface area contributed by atoms with E-state index in [1.54, 1.807) is 12.1 Å². The van der Waals surface area contributed by atoms with Gasteiger partial charge in [0.05, 0.1) is 6.61 Å². The van der Waals surface area contributed by atoms with E-state index in [2.05, 4.69) is 4.98 Å². The van der Waals surface area contributed by atoms with Crippen LogP contribution in [0, 0.1) is 6.92 Å². The number of nitrogens with zero attached hydrogens (tertiary/aromatic N) is 1. The van der Waals surface area contributed by atoms with Crippen LogP contribution in [0.1, 0.15) is 11.3 Å². The summed E-state index contributed by atoms with van der Waals surface area (Å²) in [4.78, 5) is 3.91. The van der Waals surface area contributed by atoms with Gasteiger partial charge in [0.15, 0.2) is 0 Å². The normalized spacial score (nSPS) is 10.4. The summed E-state index contributed by atoms with van der Waals surface area (Å²) in [5.41, 5.74) is 1.35. The van der Waals surface area contributed by atoms with Crippen LogP contribution in [0.4, 0.5) is 0 Å². The second-order valence-corrected chi connectivity index (χ2v) is 3.71. The van der Waals surface area contributed by atoms with Crippen LogP contribution in [0.3, 0.4) is 0 Å². The molecule has 84 valence electrons. The lowest BCUT2D eigenvalue weighted by molar-refractivity contribution is 0.276. The number of halogens is 1. The summed E-state index contributed by atoms with van der Waals surface area (Å²) in [6, 6.07) is 5.30. The zero-order valence-electron chi connectivity index (χ0n) is 8.61. The molecule has 0 amide bonds. The van der Waals surface area contributed by atoms with Gasteiger partial charge in [-0.3, -0.25) is 0 Å².